The maximum atomic E-state index is 12.6. The second kappa shape index (κ2) is 5.96. The zero-order chi connectivity index (χ0) is 17.4. The third kappa shape index (κ3) is 3.02. The van der Waals surface area contributed by atoms with Gasteiger partial charge < -0.3 is 9.26 Å². The van der Waals surface area contributed by atoms with Crippen molar-refractivity contribution in [3.05, 3.63) is 46.3 Å². The number of hydrogen-bond acceptors (Lipinski definition) is 7. The second-order valence-electron chi connectivity index (χ2n) is 5.00. The van der Waals surface area contributed by atoms with Crippen LogP contribution in [0.15, 0.2) is 27.7 Å². The number of methoxy groups -OCH3 is 1. The molecule has 23 heavy (non-hydrogen) atoms. The summed E-state index contributed by atoms with van der Waals surface area (Å²) in [6.45, 7) is 3.08. The third-order valence-corrected chi connectivity index (χ3v) is 4.59. The van der Waals surface area contributed by atoms with Gasteiger partial charge in [-0.1, -0.05) is 5.16 Å². The molecule has 1 aromatic heterocycles. The molecule has 0 atom stereocenters. The van der Waals surface area contributed by atoms with E-state index >= 15 is 0 Å². The van der Waals surface area contributed by atoms with E-state index in [1.165, 1.54) is 25.3 Å². The largest absolute Gasteiger partial charge is 0.465 e. The van der Waals surface area contributed by atoms with E-state index in [0.29, 0.717) is 5.76 Å². The number of benzene rings is 1. The van der Waals surface area contributed by atoms with Crippen LogP contribution in [0.2, 0.25) is 0 Å². The second-order valence-corrected chi connectivity index (χ2v) is 6.98. The molecular formula is C15H15NO6S. The molecule has 2 aromatic rings. The van der Waals surface area contributed by atoms with Crippen molar-refractivity contribution in [3.8, 4) is 0 Å². The number of aromatic nitrogens is 1. The lowest BCUT2D eigenvalue weighted by molar-refractivity contribution is 0.0595. The Kier molecular flexibility index (Phi) is 4.37. The predicted molar refractivity (Wildman–Crippen MR) is 80.3 cm³/mol. The first-order valence-electron chi connectivity index (χ1n) is 6.56. The fraction of sp³-hybridized carbons (Fsp3) is 0.267. The van der Waals surface area contributed by atoms with Gasteiger partial charge in [0.2, 0.25) is 0 Å². The Balaban J connectivity index is 2.72. The van der Waals surface area contributed by atoms with Crippen LogP contribution in [0.3, 0.4) is 0 Å². The lowest BCUT2D eigenvalue weighted by atomic mass is 9.96. The van der Waals surface area contributed by atoms with Crippen LogP contribution < -0.4 is 0 Å². The van der Waals surface area contributed by atoms with Crippen molar-refractivity contribution in [2.75, 3.05) is 13.4 Å². The highest BCUT2D eigenvalue weighted by atomic mass is 32.2. The molecule has 2 rings (SSSR count). The number of hydrogen-bond donors (Lipinski definition) is 0. The average Bonchev–Trinajstić information content (AvgIpc) is 2.90. The van der Waals surface area contributed by atoms with Crippen molar-refractivity contribution in [3.63, 3.8) is 0 Å². The molecule has 0 saturated carbocycles. The van der Waals surface area contributed by atoms with Crippen LogP contribution in [-0.4, -0.2) is 38.7 Å². The molecule has 0 radical (unpaired) electrons. The van der Waals surface area contributed by atoms with Crippen LogP contribution in [0.5, 0.6) is 0 Å². The number of ether oxygens (including phenoxy) is 1. The first kappa shape index (κ1) is 16.9. The standard InChI is InChI=1S/C15H15NO6S/c1-8-10(14(17)11-7-16-22-9(11)2)5-6-12(23(4,19)20)13(8)15(18)21-3/h5-7H,1-4H3. The summed E-state index contributed by atoms with van der Waals surface area (Å²) < 4.78 is 33.3. The van der Waals surface area contributed by atoms with Gasteiger partial charge in [-0.2, -0.15) is 0 Å². The molecule has 0 spiro atoms. The van der Waals surface area contributed by atoms with Crippen LogP contribution in [0, 0.1) is 13.8 Å². The van der Waals surface area contributed by atoms with E-state index in [0.717, 1.165) is 13.4 Å². The van der Waals surface area contributed by atoms with Gasteiger partial charge in [0.25, 0.3) is 0 Å². The molecule has 122 valence electrons. The zero-order valence-corrected chi connectivity index (χ0v) is 13.9. The Labute approximate surface area is 133 Å². The van der Waals surface area contributed by atoms with Gasteiger partial charge in [-0.25, -0.2) is 13.2 Å². The lowest BCUT2D eigenvalue weighted by Crippen LogP contribution is -2.15. The van der Waals surface area contributed by atoms with Crippen LogP contribution in [0.1, 0.15) is 37.6 Å². The molecule has 0 N–H and O–H groups in total. The number of rotatable bonds is 4. The Morgan fingerprint density at radius 2 is 1.83 bits per heavy atom. The predicted octanol–water partition coefficient (Wildman–Crippen LogP) is 1.71. The third-order valence-electron chi connectivity index (χ3n) is 3.46. The van der Waals surface area contributed by atoms with Crippen molar-refractivity contribution in [2.45, 2.75) is 18.7 Å². The van der Waals surface area contributed by atoms with E-state index in [1.54, 1.807) is 6.92 Å². The highest BCUT2D eigenvalue weighted by Gasteiger charge is 2.26. The monoisotopic (exact) mass is 337 g/mol. The van der Waals surface area contributed by atoms with Gasteiger partial charge in [0, 0.05) is 11.8 Å². The number of carbonyl (C=O) groups is 2. The quantitative estimate of drug-likeness (QED) is 0.618. The molecule has 0 bridgehead atoms. The normalized spacial score (nSPS) is 11.3. The van der Waals surface area contributed by atoms with Crippen LogP contribution in [-0.2, 0) is 14.6 Å². The van der Waals surface area contributed by atoms with Gasteiger partial charge in [-0.3, -0.25) is 4.79 Å². The summed E-state index contributed by atoms with van der Waals surface area (Å²) in [6.07, 6.45) is 2.26. The minimum atomic E-state index is -3.66. The molecule has 0 aliphatic carbocycles. The Bertz CT molecular complexity index is 895. The first-order valence-corrected chi connectivity index (χ1v) is 8.45. The average molecular weight is 337 g/mol. The first-order chi connectivity index (χ1) is 10.7. The molecular weight excluding hydrogens is 322 g/mol. The van der Waals surface area contributed by atoms with E-state index in [2.05, 4.69) is 9.89 Å². The van der Waals surface area contributed by atoms with Gasteiger partial charge in [0.1, 0.15) is 5.76 Å². The zero-order valence-electron chi connectivity index (χ0n) is 13.0. The van der Waals surface area contributed by atoms with Crippen molar-refractivity contribution < 1.29 is 27.3 Å². The summed E-state index contributed by atoms with van der Waals surface area (Å²) in [5.41, 5.74) is 0.514. The number of esters is 1. The van der Waals surface area contributed by atoms with E-state index in [9.17, 15) is 18.0 Å². The number of sulfone groups is 1. The number of nitrogens with zero attached hydrogens (tertiary/aromatic N) is 1. The van der Waals surface area contributed by atoms with Gasteiger partial charge in [-0.15, -0.1) is 0 Å². The summed E-state index contributed by atoms with van der Waals surface area (Å²) in [4.78, 5) is 24.4. The smallest absolute Gasteiger partial charge is 0.339 e. The number of ketones is 1. The van der Waals surface area contributed by atoms with Gasteiger partial charge in [0.05, 0.1) is 29.3 Å². The Morgan fingerprint density at radius 1 is 1.17 bits per heavy atom. The van der Waals surface area contributed by atoms with E-state index < -0.39 is 21.6 Å². The molecule has 0 amide bonds. The lowest BCUT2D eigenvalue weighted by Gasteiger charge is -2.13. The van der Waals surface area contributed by atoms with Gasteiger partial charge >= 0.3 is 5.97 Å². The fourth-order valence-electron chi connectivity index (χ4n) is 2.26. The summed E-state index contributed by atoms with van der Waals surface area (Å²) in [6, 6.07) is 2.59. The summed E-state index contributed by atoms with van der Waals surface area (Å²) in [7, 11) is -2.51. The maximum Gasteiger partial charge on any atom is 0.339 e. The van der Waals surface area contributed by atoms with Crippen LogP contribution in [0.25, 0.3) is 0 Å². The molecule has 0 unspecified atom stereocenters. The molecule has 1 aromatic carbocycles. The minimum absolute atomic E-state index is 0.144. The van der Waals surface area contributed by atoms with E-state index in [-0.39, 0.29) is 27.1 Å². The molecule has 0 aliphatic rings. The van der Waals surface area contributed by atoms with E-state index in [4.69, 9.17) is 4.52 Å². The van der Waals surface area contributed by atoms with Crippen molar-refractivity contribution >= 4 is 21.6 Å². The molecule has 1 heterocycles. The summed E-state index contributed by atoms with van der Waals surface area (Å²) in [5, 5.41) is 3.55. The summed E-state index contributed by atoms with van der Waals surface area (Å²) >= 11 is 0. The number of carbonyl (C=O) groups excluding carboxylic acids is 2. The van der Waals surface area contributed by atoms with Crippen molar-refractivity contribution in [1.82, 2.24) is 5.16 Å². The minimum Gasteiger partial charge on any atom is -0.465 e. The highest BCUT2D eigenvalue weighted by Crippen LogP contribution is 2.26. The molecule has 8 heteroatoms. The topological polar surface area (TPSA) is 104 Å². The van der Waals surface area contributed by atoms with E-state index in [1.807, 2.05) is 0 Å². The maximum absolute atomic E-state index is 12.6. The van der Waals surface area contributed by atoms with Crippen LogP contribution >= 0.6 is 0 Å². The van der Waals surface area contributed by atoms with Gasteiger partial charge in [-0.05, 0) is 31.5 Å². The molecule has 0 aliphatic heterocycles. The SMILES string of the molecule is COC(=O)c1c(S(C)(=O)=O)ccc(C(=O)c2cnoc2C)c1C. The fourth-order valence-corrected chi connectivity index (χ4v) is 3.18. The highest BCUT2D eigenvalue weighted by molar-refractivity contribution is 7.90. The Morgan fingerprint density at radius 3 is 2.30 bits per heavy atom. The molecule has 0 fully saturated rings. The van der Waals surface area contributed by atoms with Gasteiger partial charge in [0.15, 0.2) is 15.6 Å². The number of aryl methyl sites for hydroxylation is 1. The summed E-state index contributed by atoms with van der Waals surface area (Å²) in [5.74, 6) is -0.896. The molecule has 7 nitrogen and oxygen atoms in total. The van der Waals surface area contributed by atoms with Crippen molar-refractivity contribution in [1.29, 1.82) is 0 Å². The molecule has 0 saturated heterocycles. The van der Waals surface area contributed by atoms with Crippen molar-refractivity contribution in [2.24, 2.45) is 0 Å². The Hall–Kier alpha value is -2.48. The van der Waals surface area contributed by atoms with Crippen LogP contribution in [0.4, 0.5) is 0 Å².